The predicted molar refractivity (Wildman–Crippen MR) is 36.7 cm³/mol. The monoisotopic (exact) mass is 174 g/mol. The van der Waals surface area contributed by atoms with Gasteiger partial charge in [-0.1, -0.05) is 24.1 Å². The van der Waals surface area contributed by atoms with Crippen LogP contribution in [-0.2, 0) is 0 Å². The highest BCUT2D eigenvalue weighted by atomic mass is 79.9. The fourth-order valence-corrected chi connectivity index (χ4v) is 1.60. The molecule has 0 bridgehead atoms. The summed E-state index contributed by atoms with van der Waals surface area (Å²) in [5, 5.41) is 0. The second kappa shape index (κ2) is 2.44. The number of rotatable bonds is 0. The third-order valence-corrected chi connectivity index (χ3v) is 1.81. The fraction of sp³-hybridized carbons (Fsp3) is 0. The minimum absolute atomic E-state index is 1.16. The molecule has 0 radical (unpaired) electrons. The van der Waals surface area contributed by atoms with Gasteiger partial charge in [-0.05, 0) is 23.7 Å². The minimum atomic E-state index is 1.16. The summed E-state index contributed by atoms with van der Waals surface area (Å²) in [5.41, 5.74) is 0. The van der Waals surface area contributed by atoms with Crippen LogP contribution in [-0.4, -0.2) is 0 Å². The average Bonchev–Trinajstić information content (AvgIpc) is 1.69. The molecular weight excluding hydrogens is 171 g/mol. The first-order valence-electron chi connectivity index (χ1n) is 1.95. The van der Waals surface area contributed by atoms with Crippen LogP contribution >= 0.6 is 24.1 Å². The van der Waals surface area contributed by atoms with Crippen LogP contribution in [0.2, 0.25) is 0 Å². The van der Waals surface area contributed by atoms with E-state index in [1.54, 1.807) is 0 Å². The molecule has 0 aliphatic carbocycles. The molecule has 7 heavy (non-hydrogen) atoms. The van der Waals surface area contributed by atoms with Gasteiger partial charge in [0.1, 0.15) is 0 Å². The van der Waals surface area contributed by atoms with Gasteiger partial charge in [0.25, 0.3) is 0 Å². The van der Waals surface area contributed by atoms with Crippen LogP contribution in [0.25, 0.3) is 0 Å². The Morgan fingerprint density at radius 1 is 1.29 bits per heavy atom. The van der Waals surface area contributed by atoms with E-state index in [-0.39, 0.29) is 0 Å². The third-order valence-electron chi connectivity index (χ3n) is 0.640. The Kier molecular flexibility index (Phi) is 1.84. The molecule has 0 atom stereocenters. The number of hydrogen-bond acceptors (Lipinski definition) is 0. The van der Waals surface area contributed by atoms with Gasteiger partial charge in [0.2, 0.25) is 0 Å². The molecule has 36 valence electrons. The lowest BCUT2D eigenvalue weighted by atomic mass is 10.6. The summed E-state index contributed by atoms with van der Waals surface area (Å²) < 4.78 is 1.16. The zero-order chi connectivity index (χ0) is 5.11. The Hall–Kier alpha value is 0.130. The van der Waals surface area contributed by atoms with Gasteiger partial charge in [-0.2, -0.15) is 0 Å². The van der Waals surface area contributed by atoms with Gasteiger partial charge < -0.3 is 0 Å². The van der Waals surface area contributed by atoms with Crippen molar-refractivity contribution in [2.45, 2.75) is 0 Å². The molecule has 1 heterocycles. The highest BCUT2D eigenvalue weighted by Gasteiger charge is 1.74. The quantitative estimate of drug-likeness (QED) is 0.568. The maximum Gasteiger partial charge on any atom is 0.0182 e. The van der Waals surface area contributed by atoms with Gasteiger partial charge in [0.05, 0.1) is 0 Å². The molecule has 1 aromatic heterocycles. The molecule has 0 unspecified atom stereocenters. The molecule has 0 spiro atoms. The molecule has 1 rings (SSSR count). The van der Waals surface area contributed by atoms with Crippen LogP contribution in [0.4, 0.5) is 0 Å². The van der Waals surface area contributed by atoms with Gasteiger partial charge in [-0.3, -0.25) is 0 Å². The first kappa shape index (κ1) is 5.27. The summed E-state index contributed by atoms with van der Waals surface area (Å²) >= 11 is 3.33. The first-order valence-corrected chi connectivity index (χ1v) is 3.78. The summed E-state index contributed by atoms with van der Waals surface area (Å²) in [4.78, 5) is 0. The molecule has 0 N–H and O–H groups in total. The summed E-state index contributed by atoms with van der Waals surface area (Å²) in [7, 11) is 1.28. The molecule has 0 aliphatic heterocycles. The highest BCUT2D eigenvalue weighted by Crippen LogP contribution is 2.11. The molecule has 0 nitrogen and oxygen atoms in total. The lowest BCUT2D eigenvalue weighted by Crippen LogP contribution is -1.50. The zero-order valence-electron chi connectivity index (χ0n) is 3.63. The normalized spacial score (nSPS) is 8.71. The smallest absolute Gasteiger partial charge is 0.0182 e. The van der Waals surface area contributed by atoms with Crippen molar-refractivity contribution in [1.29, 1.82) is 0 Å². The van der Waals surface area contributed by atoms with Crippen LogP contribution in [0, 0.1) is 0 Å². The van der Waals surface area contributed by atoms with Crippen LogP contribution in [0.15, 0.2) is 28.2 Å². The molecule has 0 aromatic carbocycles. The Morgan fingerprint density at radius 3 is 2.14 bits per heavy atom. The highest BCUT2D eigenvalue weighted by molar-refractivity contribution is 9.10. The van der Waals surface area contributed by atoms with E-state index in [1.807, 2.05) is 12.1 Å². The van der Waals surface area contributed by atoms with Gasteiger partial charge in [0.15, 0.2) is 0 Å². The van der Waals surface area contributed by atoms with Crippen molar-refractivity contribution in [3.05, 3.63) is 28.2 Å². The lowest BCUT2D eigenvalue weighted by molar-refractivity contribution is 1.78. The van der Waals surface area contributed by atoms with Crippen molar-refractivity contribution < 1.29 is 0 Å². The van der Waals surface area contributed by atoms with Crippen molar-refractivity contribution in [3.63, 3.8) is 0 Å². The molecule has 0 aliphatic rings. The Balaban J connectivity index is 3.02. The van der Waals surface area contributed by atoms with Gasteiger partial charge in [-0.25, -0.2) is 0 Å². The Bertz CT molecular complexity index is 138. The average molecular weight is 175 g/mol. The molecule has 0 saturated carbocycles. The first-order chi connectivity index (χ1) is 3.39. The second-order valence-corrected chi connectivity index (χ2v) is 2.98. The summed E-state index contributed by atoms with van der Waals surface area (Å²) in [6.07, 6.45) is 0. The molecule has 0 amide bonds. The van der Waals surface area contributed by atoms with Crippen LogP contribution in [0.3, 0.4) is 0 Å². The van der Waals surface area contributed by atoms with Crippen LogP contribution < -0.4 is 0 Å². The van der Waals surface area contributed by atoms with Gasteiger partial charge in [-0.15, -0.1) is 0 Å². The van der Waals surface area contributed by atoms with E-state index in [9.17, 15) is 0 Å². The van der Waals surface area contributed by atoms with E-state index >= 15 is 0 Å². The van der Waals surface area contributed by atoms with Crippen molar-refractivity contribution in [2.24, 2.45) is 0 Å². The topological polar surface area (TPSA) is 0 Å². The predicted octanol–water partition coefficient (Wildman–Crippen LogP) is 3.03. The van der Waals surface area contributed by atoms with Crippen molar-refractivity contribution >= 4 is 24.1 Å². The van der Waals surface area contributed by atoms with E-state index in [0.717, 1.165) is 4.47 Å². The maximum absolute atomic E-state index is 3.33. The fourth-order valence-electron chi connectivity index (χ4n) is 0.334. The molecule has 0 saturated heterocycles. The molecule has 1 aromatic rings. The zero-order valence-corrected chi connectivity index (χ0v) is 6.12. The van der Waals surface area contributed by atoms with E-state index in [2.05, 4.69) is 27.5 Å². The molecular formula is C5H4BrP. The van der Waals surface area contributed by atoms with E-state index in [0.29, 0.717) is 0 Å². The Labute approximate surface area is 52.8 Å². The third kappa shape index (κ3) is 1.58. The largest absolute Gasteiger partial charge is 0.0764 e. The van der Waals surface area contributed by atoms with Gasteiger partial charge >= 0.3 is 0 Å². The van der Waals surface area contributed by atoms with E-state index in [1.165, 1.54) is 8.19 Å². The second-order valence-electron chi connectivity index (χ2n) is 1.17. The molecule has 0 fully saturated rings. The van der Waals surface area contributed by atoms with E-state index < -0.39 is 0 Å². The Morgan fingerprint density at radius 2 is 1.86 bits per heavy atom. The van der Waals surface area contributed by atoms with Crippen molar-refractivity contribution in [2.75, 3.05) is 0 Å². The standard InChI is InChI=1S/C5H4BrP/c6-5-1-3-7-4-2-5/h1-4H. The van der Waals surface area contributed by atoms with Gasteiger partial charge in [0, 0.05) is 4.47 Å². The molecule has 2 heteroatoms. The van der Waals surface area contributed by atoms with Crippen molar-refractivity contribution in [1.82, 2.24) is 0 Å². The number of halogens is 1. The summed E-state index contributed by atoms with van der Waals surface area (Å²) in [6.45, 7) is 0. The summed E-state index contributed by atoms with van der Waals surface area (Å²) in [6, 6.07) is 4.09. The van der Waals surface area contributed by atoms with Crippen molar-refractivity contribution in [3.8, 4) is 0 Å². The maximum atomic E-state index is 3.33. The SMILES string of the molecule is Brc1ccpcc1. The van der Waals surface area contributed by atoms with E-state index in [4.69, 9.17) is 0 Å². The van der Waals surface area contributed by atoms with Crippen LogP contribution in [0.5, 0.6) is 0 Å². The lowest BCUT2D eigenvalue weighted by Gasteiger charge is -1.79. The van der Waals surface area contributed by atoms with Crippen LogP contribution in [0.1, 0.15) is 0 Å². The minimum Gasteiger partial charge on any atom is -0.0764 e. The number of hydrogen-bond donors (Lipinski definition) is 0. The summed E-state index contributed by atoms with van der Waals surface area (Å²) in [5.74, 6) is 4.17.